The second-order valence-electron chi connectivity index (χ2n) is 5.41. The maximum atomic E-state index is 13.5. The molecule has 112 valence electrons. The average molecular weight is 287 g/mol. The first-order chi connectivity index (χ1) is 10.0. The van der Waals surface area contributed by atoms with Gasteiger partial charge in [0.05, 0.1) is 0 Å². The molecule has 0 saturated carbocycles. The van der Waals surface area contributed by atoms with Crippen LogP contribution >= 0.6 is 0 Å². The molecule has 0 fully saturated rings. The van der Waals surface area contributed by atoms with Gasteiger partial charge >= 0.3 is 0 Å². The van der Waals surface area contributed by atoms with Crippen molar-refractivity contribution in [2.75, 3.05) is 0 Å². The number of hydrogen-bond acceptors (Lipinski definition) is 2. The van der Waals surface area contributed by atoms with Gasteiger partial charge in [0.25, 0.3) is 0 Å². The van der Waals surface area contributed by atoms with Crippen molar-refractivity contribution in [3.8, 4) is 5.75 Å². The molecule has 2 nitrogen and oxygen atoms in total. The Bertz CT molecular complexity index is 612. The summed E-state index contributed by atoms with van der Waals surface area (Å²) in [7, 11) is 0. The highest BCUT2D eigenvalue weighted by molar-refractivity contribution is 5.34. The van der Waals surface area contributed by atoms with Crippen molar-refractivity contribution in [2.45, 2.75) is 39.3 Å². The molecule has 2 rings (SSSR count). The van der Waals surface area contributed by atoms with Gasteiger partial charge in [0.2, 0.25) is 0 Å². The standard InChI is InChI=1S/C18H22FNO/c1-4-17(20)18(14-6-5-7-15(19)11-14)21-16-9-8-12(2)13(3)10-16/h5-11,17-18H,4,20H2,1-3H3. The number of rotatable bonds is 5. The second kappa shape index (κ2) is 6.72. The Morgan fingerprint density at radius 1 is 1.10 bits per heavy atom. The molecule has 0 amide bonds. The van der Waals surface area contributed by atoms with Crippen molar-refractivity contribution >= 4 is 0 Å². The van der Waals surface area contributed by atoms with Gasteiger partial charge < -0.3 is 10.5 Å². The van der Waals surface area contributed by atoms with Gasteiger partial charge in [-0.3, -0.25) is 0 Å². The Morgan fingerprint density at radius 2 is 1.86 bits per heavy atom. The first-order valence-electron chi connectivity index (χ1n) is 7.26. The maximum absolute atomic E-state index is 13.5. The molecule has 0 heterocycles. The number of aryl methyl sites for hydroxylation is 2. The van der Waals surface area contributed by atoms with E-state index in [9.17, 15) is 4.39 Å². The molecule has 0 aliphatic carbocycles. The fourth-order valence-electron chi connectivity index (χ4n) is 2.23. The highest BCUT2D eigenvalue weighted by Crippen LogP contribution is 2.27. The molecule has 0 aromatic heterocycles. The smallest absolute Gasteiger partial charge is 0.139 e. The Hall–Kier alpha value is -1.87. The van der Waals surface area contributed by atoms with E-state index < -0.39 is 0 Å². The molecule has 0 saturated heterocycles. The van der Waals surface area contributed by atoms with Crippen molar-refractivity contribution in [1.29, 1.82) is 0 Å². The molecule has 2 aromatic carbocycles. The van der Waals surface area contributed by atoms with E-state index in [4.69, 9.17) is 10.5 Å². The number of halogens is 1. The molecule has 0 bridgehead atoms. The molecule has 21 heavy (non-hydrogen) atoms. The number of nitrogens with two attached hydrogens (primary N) is 1. The molecule has 2 unspecified atom stereocenters. The van der Waals surface area contributed by atoms with Crippen LogP contribution in [0, 0.1) is 19.7 Å². The first kappa shape index (κ1) is 15.5. The summed E-state index contributed by atoms with van der Waals surface area (Å²) in [5.41, 5.74) is 9.31. The highest BCUT2D eigenvalue weighted by atomic mass is 19.1. The number of benzene rings is 2. The quantitative estimate of drug-likeness (QED) is 0.890. The van der Waals surface area contributed by atoms with Crippen LogP contribution in [0.5, 0.6) is 5.75 Å². The van der Waals surface area contributed by atoms with Gasteiger partial charge in [0.15, 0.2) is 0 Å². The molecule has 0 aliphatic rings. The fraction of sp³-hybridized carbons (Fsp3) is 0.333. The van der Waals surface area contributed by atoms with Crippen LogP contribution in [-0.2, 0) is 0 Å². The molecule has 0 spiro atoms. The van der Waals surface area contributed by atoms with Crippen LogP contribution in [-0.4, -0.2) is 6.04 Å². The van der Waals surface area contributed by atoms with Crippen molar-refractivity contribution in [1.82, 2.24) is 0 Å². The molecular weight excluding hydrogens is 265 g/mol. The van der Waals surface area contributed by atoms with Crippen LogP contribution in [0.2, 0.25) is 0 Å². The zero-order valence-electron chi connectivity index (χ0n) is 12.8. The van der Waals surface area contributed by atoms with Gasteiger partial charge in [-0.15, -0.1) is 0 Å². The van der Waals surface area contributed by atoms with E-state index in [0.717, 1.165) is 23.3 Å². The minimum atomic E-state index is -0.354. The second-order valence-corrected chi connectivity index (χ2v) is 5.41. The third-order valence-electron chi connectivity index (χ3n) is 3.78. The molecular formula is C18H22FNO. The van der Waals surface area contributed by atoms with Gasteiger partial charge in [-0.05, 0) is 61.2 Å². The van der Waals surface area contributed by atoms with Gasteiger partial charge in [-0.2, -0.15) is 0 Å². The first-order valence-corrected chi connectivity index (χ1v) is 7.26. The maximum Gasteiger partial charge on any atom is 0.139 e. The lowest BCUT2D eigenvalue weighted by molar-refractivity contribution is 0.170. The largest absolute Gasteiger partial charge is 0.484 e. The van der Waals surface area contributed by atoms with E-state index in [-0.39, 0.29) is 18.0 Å². The Morgan fingerprint density at radius 3 is 2.48 bits per heavy atom. The van der Waals surface area contributed by atoms with Gasteiger partial charge in [-0.25, -0.2) is 4.39 Å². The predicted molar refractivity (Wildman–Crippen MR) is 84.0 cm³/mol. The van der Waals surface area contributed by atoms with Crippen LogP contribution in [0.4, 0.5) is 4.39 Å². The van der Waals surface area contributed by atoms with Gasteiger partial charge in [0, 0.05) is 6.04 Å². The van der Waals surface area contributed by atoms with Crippen LogP contribution in [0.15, 0.2) is 42.5 Å². The number of ether oxygens (including phenoxy) is 1. The van der Waals surface area contributed by atoms with Crippen molar-refractivity contribution in [3.63, 3.8) is 0 Å². The summed E-state index contributed by atoms with van der Waals surface area (Å²) in [4.78, 5) is 0. The minimum absolute atomic E-state index is 0.187. The third-order valence-corrected chi connectivity index (χ3v) is 3.78. The minimum Gasteiger partial charge on any atom is -0.484 e. The molecule has 2 atom stereocenters. The van der Waals surface area contributed by atoms with Crippen LogP contribution in [0.1, 0.15) is 36.1 Å². The Kier molecular flexibility index (Phi) is 4.97. The number of hydrogen-bond donors (Lipinski definition) is 1. The normalized spacial score (nSPS) is 13.8. The summed E-state index contributed by atoms with van der Waals surface area (Å²) in [6.07, 6.45) is 0.402. The van der Waals surface area contributed by atoms with Crippen LogP contribution < -0.4 is 10.5 Å². The van der Waals surface area contributed by atoms with E-state index in [1.54, 1.807) is 6.07 Å². The average Bonchev–Trinajstić information content (AvgIpc) is 2.47. The van der Waals surface area contributed by atoms with Crippen LogP contribution in [0.3, 0.4) is 0 Å². The van der Waals surface area contributed by atoms with E-state index >= 15 is 0 Å². The summed E-state index contributed by atoms with van der Waals surface area (Å²) < 4.78 is 19.5. The summed E-state index contributed by atoms with van der Waals surface area (Å²) >= 11 is 0. The zero-order valence-corrected chi connectivity index (χ0v) is 12.8. The molecule has 2 aromatic rings. The zero-order chi connectivity index (χ0) is 15.4. The monoisotopic (exact) mass is 287 g/mol. The Labute approximate surface area is 125 Å². The van der Waals surface area contributed by atoms with E-state index in [0.29, 0.717) is 0 Å². The van der Waals surface area contributed by atoms with Crippen LogP contribution in [0.25, 0.3) is 0 Å². The van der Waals surface area contributed by atoms with Crippen molar-refractivity contribution < 1.29 is 9.13 Å². The Balaban J connectivity index is 2.30. The highest BCUT2D eigenvalue weighted by Gasteiger charge is 2.21. The fourth-order valence-corrected chi connectivity index (χ4v) is 2.23. The summed E-state index contributed by atoms with van der Waals surface area (Å²) in [5, 5.41) is 0. The van der Waals surface area contributed by atoms with Crippen molar-refractivity contribution in [3.05, 3.63) is 65.0 Å². The van der Waals surface area contributed by atoms with E-state index in [2.05, 4.69) is 6.92 Å². The SMILES string of the molecule is CCC(N)C(Oc1ccc(C)c(C)c1)c1cccc(F)c1. The van der Waals surface area contributed by atoms with Gasteiger partial charge in [-0.1, -0.05) is 25.1 Å². The van der Waals surface area contributed by atoms with Crippen molar-refractivity contribution in [2.24, 2.45) is 5.73 Å². The lowest BCUT2D eigenvalue weighted by Gasteiger charge is -2.25. The lowest BCUT2D eigenvalue weighted by atomic mass is 10.0. The molecule has 0 radical (unpaired) electrons. The van der Waals surface area contributed by atoms with E-state index in [1.807, 2.05) is 38.1 Å². The molecule has 3 heteroatoms. The lowest BCUT2D eigenvalue weighted by Crippen LogP contribution is -2.31. The predicted octanol–water partition coefficient (Wildman–Crippen LogP) is 4.30. The topological polar surface area (TPSA) is 35.2 Å². The summed E-state index contributed by atoms with van der Waals surface area (Å²) in [5.74, 6) is 0.487. The molecule has 2 N–H and O–H groups in total. The summed E-state index contributed by atoms with van der Waals surface area (Å²) in [6.45, 7) is 6.10. The summed E-state index contributed by atoms with van der Waals surface area (Å²) in [6, 6.07) is 12.2. The molecule has 0 aliphatic heterocycles. The van der Waals surface area contributed by atoms with Gasteiger partial charge in [0.1, 0.15) is 17.7 Å². The van der Waals surface area contributed by atoms with E-state index in [1.165, 1.54) is 17.7 Å². The third kappa shape index (κ3) is 3.82.